The normalized spacial score (nSPS) is 8.18. The lowest BCUT2D eigenvalue weighted by molar-refractivity contribution is -0.156. The van der Waals surface area contributed by atoms with Crippen molar-refractivity contribution in [2.45, 2.75) is 18.1 Å². The van der Waals surface area contributed by atoms with Crippen molar-refractivity contribution in [3.63, 3.8) is 0 Å². The van der Waals surface area contributed by atoms with E-state index in [2.05, 4.69) is 4.74 Å². The predicted molar refractivity (Wildman–Crippen MR) is 43.8 cm³/mol. The highest BCUT2D eigenvalue weighted by Gasteiger charge is 1.93. The SMILES string of the molecule is CC(=O)OC(C)=O.ClC(Cl)Cl. The first-order valence-electron chi connectivity index (χ1n) is 2.47. The largest absolute Gasteiger partial charge is 0.394 e. The van der Waals surface area contributed by atoms with Crippen LogP contribution in [0.2, 0.25) is 0 Å². The van der Waals surface area contributed by atoms with E-state index < -0.39 is 16.2 Å². The number of hydrogen-bond donors (Lipinski definition) is 0. The average Bonchev–Trinajstić information content (AvgIpc) is 1.56. The van der Waals surface area contributed by atoms with Gasteiger partial charge in [0, 0.05) is 13.8 Å². The summed E-state index contributed by atoms with van der Waals surface area (Å²) in [5.41, 5.74) is 0. The molecule has 0 spiro atoms. The van der Waals surface area contributed by atoms with Gasteiger partial charge in [0.2, 0.25) is 0 Å². The fraction of sp³-hybridized carbons (Fsp3) is 0.600. The lowest BCUT2D eigenvalue weighted by atomic mass is 10.7. The van der Waals surface area contributed by atoms with E-state index in [4.69, 9.17) is 34.8 Å². The van der Waals surface area contributed by atoms with Gasteiger partial charge >= 0.3 is 11.9 Å². The summed E-state index contributed by atoms with van der Waals surface area (Å²) < 4.78 is 3.22. The second-order valence-corrected chi connectivity index (χ2v) is 3.31. The molecule has 66 valence electrons. The summed E-state index contributed by atoms with van der Waals surface area (Å²) in [6, 6.07) is 0. The molecule has 0 aromatic rings. The Hall–Kier alpha value is 0.01000. The van der Waals surface area contributed by atoms with Gasteiger partial charge < -0.3 is 4.74 Å². The van der Waals surface area contributed by atoms with Crippen LogP contribution in [0.3, 0.4) is 0 Å². The predicted octanol–water partition coefficient (Wildman–Crippen LogP) is 2.08. The molecule has 0 aliphatic rings. The van der Waals surface area contributed by atoms with Crippen LogP contribution in [0.1, 0.15) is 13.8 Å². The lowest BCUT2D eigenvalue weighted by Gasteiger charge is -1.87. The van der Waals surface area contributed by atoms with Gasteiger partial charge in [-0.05, 0) is 0 Å². The summed E-state index contributed by atoms with van der Waals surface area (Å²) in [5, 5.41) is 0. The van der Waals surface area contributed by atoms with E-state index in [1.807, 2.05) is 0 Å². The first-order valence-corrected chi connectivity index (χ1v) is 3.78. The lowest BCUT2D eigenvalue weighted by Crippen LogP contribution is -2.03. The number of ether oxygens (including phenoxy) is 1. The summed E-state index contributed by atoms with van der Waals surface area (Å²) in [5.74, 6) is -1.12. The van der Waals surface area contributed by atoms with Gasteiger partial charge in [0.1, 0.15) is 0 Å². The van der Waals surface area contributed by atoms with E-state index in [-0.39, 0.29) is 0 Å². The van der Waals surface area contributed by atoms with Gasteiger partial charge in [-0.25, -0.2) is 0 Å². The molecule has 0 rings (SSSR count). The van der Waals surface area contributed by atoms with Crippen LogP contribution in [0.4, 0.5) is 0 Å². The van der Waals surface area contributed by atoms with E-state index in [0.717, 1.165) is 0 Å². The molecular weight excluding hydrogens is 214 g/mol. The molecule has 0 radical (unpaired) electrons. The van der Waals surface area contributed by atoms with E-state index in [1.165, 1.54) is 13.8 Å². The molecule has 0 saturated carbocycles. The third-order valence-electron chi connectivity index (χ3n) is 0.287. The minimum absolute atomic E-state index is 0.562. The third kappa shape index (κ3) is 39.9. The summed E-state index contributed by atoms with van der Waals surface area (Å²) in [4.78, 5) is 19.6. The van der Waals surface area contributed by atoms with Crippen LogP contribution in [-0.2, 0) is 14.3 Å². The van der Waals surface area contributed by atoms with E-state index in [0.29, 0.717) is 0 Å². The Kier molecular flexibility index (Phi) is 10.0. The standard InChI is InChI=1S/C4H6O3.CHCl3/c1-3(5)7-4(2)6;2-1(3)4/h1-2H3;1H. The van der Waals surface area contributed by atoms with Gasteiger partial charge in [0.15, 0.2) is 4.30 Å². The molecule has 0 atom stereocenters. The van der Waals surface area contributed by atoms with Gasteiger partial charge in [-0.3, -0.25) is 9.59 Å². The van der Waals surface area contributed by atoms with Gasteiger partial charge in [0.05, 0.1) is 0 Å². The van der Waals surface area contributed by atoms with Crippen molar-refractivity contribution in [1.82, 2.24) is 0 Å². The van der Waals surface area contributed by atoms with E-state index in [1.54, 1.807) is 0 Å². The van der Waals surface area contributed by atoms with Crippen LogP contribution < -0.4 is 0 Å². The minimum atomic E-state index is -0.750. The zero-order chi connectivity index (χ0) is 9.44. The van der Waals surface area contributed by atoms with Crippen molar-refractivity contribution in [2.75, 3.05) is 0 Å². The fourth-order valence-corrected chi connectivity index (χ4v) is 0.202. The number of hydrogen-bond acceptors (Lipinski definition) is 3. The van der Waals surface area contributed by atoms with Crippen LogP contribution in [0, 0.1) is 0 Å². The third-order valence-corrected chi connectivity index (χ3v) is 0.287. The summed E-state index contributed by atoms with van der Waals surface area (Å²) in [6.07, 6.45) is 0. The second kappa shape index (κ2) is 8.11. The Morgan fingerprint density at radius 3 is 1.27 bits per heavy atom. The fourth-order valence-electron chi connectivity index (χ4n) is 0.202. The number of halogens is 3. The summed E-state index contributed by atoms with van der Waals surface area (Å²) in [6.45, 7) is 2.36. The van der Waals surface area contributed by atoms with E-state index in [9.17, 15) is 9.59 Å². The smallest absolute Gasteiger partial charge is 0.310 e. The van der Waals surface area contributed by atoms with Crippen LogP contribution in [-0.4, -0.2) is 16.2 Å². The summed E-state index contributed by atoms with van der Waals surface area (Å²) in [7, 11) is 0. The minimum Gasteiger partial charge on any atom is -0.394 e. The molecule has 0 heterocycles. The Morgan fingerprint density at radius 2 is 1.27 bits per heavy atom. The monoisotopic (exact) mass is 220 g/mol. The molecule has 0 unspecified atom stereocenters. The Balaban J connectivity index is 0. The Bertz CT molecular complexity index is 120. The Labute approximate surface area is 79.6 Å². The summed E-state index contributed by atoms with van der Waals surface area (Å²) >= 11 is 14.4. The van der Waals surface area contributed by atoms with Gasteiger partial charge in [-0.2, -0.15) is 0 Å². The quantitative estimate of drug-likeness (QED) is 0.357. The zero-order valence-electron chi connectivity index (χ0n) is 5.94. The second-order valence-electron chi connectivity index (χ2n) is 1.33. The molecule has 0 aliphatic heterocycles. The maximum atomic E-state index is 9.81. The molecule has 3 nitrogen and oxygen atoms in total. The van der Waals surface area contributed by atoms with E-state index >= 15 is 0 Å². The molecule has 0 N–H and O–H groups in total. The maximum Gasteiger partial charge on any atom is 0.310 e. The average molecular weight is 221 g/mol. The molecular formula is C5H7Cl3O3. The molecule has 6 heteroatoms. The van der Waals surface area contributed by atoms with Crippen molar-refractivity contribution in [2.24, 2.45) is 0 Å². The molecule has 0 amide bonds. The van der Waals surface area contributed by atoms with Crippen molar-refractivity contribution >= 4 is 46.7 Å². The molecule has 0 saturated heterocycles. The topological polar surface area (TPSA) is 43.4 Å². The van der Waals surface area contributed by atoms with Crippen molar-refractivity contribution in [3.8, 4) is 0 Å². The molecule has 0 bridgehead atoms. The van der Waals surface area contributed by atoms with Crippen molar-refractivity contribution < 1.29 is 14.3 Å². The van der Waals surface area contributed by atoms with Gasteiger partial charge in [-0.15, -0.1) is 0 Å². The van der Waals surface area contributed by atoms with Crippen LogP contribution >= 0.6 is 34.8 Å². The number of esters is 2. The highest BCUT2D eigenvalue weighted by atomic mass is 35.6. The number of carbonyl (C=O) groups excluding carboxylic acids is 2. The zero-order valence-corrected chi connectivity index (χ0v) is 8.20. The molecule has 0 fully saturated rings. The van der Waals surface area contributed by atoms with Gasteiger partial charge in [0.25, 0.3) is 0 Å². The molecule has 0 aromatic heterocycles. The van der Waals surface area contributed by atoms with Crippen molar-refractivity contribution in [3.05, 3.63) is 0 Å². The first-order chi connectivity index (χ1) is 4.86. The molecule has 0 aliphatic carbocycles. The number of alkyl halides is 3. The number of carbonyl (C=O) groups is 2. The van der Waals surface area contributed by atoms with Crippen molar-refractivity contribution in [1.29, 1.82) is 0 Å². The number of rotatable bonds is 0. The molecule has 0 aromatic carbocycles. The Morgan fingerprint density at radius 1 is 1.09 bits per heavy atom. The maximum absolute atomic E-state index is 9.81. The molecule has 11 heavy (non-hydrogen) atoms. The van der Waals surface area contributed by atoms with Crippen LogP contribution in [0.5, 0.6) is 0 Å². The highest BCUT2D eigenvalue weighted by Crippen LogP contribution is 2.03. The van der Waals surface area contributed by atoms with Gasteiger partial charge in [-0.1, -0.05) is 34.8 Å². The first kappa shape index (κ1) is 13.6. The van der Waals surface area contributed by atoms with Crippen LogP contribution in [0.25, 0.3) is 0 Å². The highest BCUT2D eigenvalue weighted by molar-refractivity contribution is 6.63. The van der Waals surface area contributed by atoms with Crippen LogP contribution in [0.15, 0.2) is 0 Å².